The minimum absolute atomic E-state index is 0.0317. The maximum atomic E-state index is 13.2. The van der Waals surface area contributed by atoms with E-state index in [2.05, 4.69) is 5.32 Å². The molecule has 7 heteroatoms. The van der Waals surface area contributed by atoms with Crippen LogP contribution < -0.4 is 10.2 Å². The van der Waals surface area contributed by atoms with Gasteiger partial charge < -0.3 is 10.2 Å². The van der Waals surface area contributed by atoms with Crippen LogP contribution in [0.4, 0.5) is 10.5 Å². The summed E-state index contributed by atoms with van der Waals surface area (Å²) >= 11 is 0. The lowest BCUT2D eigenvalue weighted by atomic mass is 9.87. The summed E-state index contributed by atoms with van der Waals surface area (Å²) < 4.78 is 0. The molecule has 0 aromatic heterocycles. The van der Waals surface area contributed by atoms with Crippen LogP contribution >= 0.6 is 0 Å². The molecular formula is C23H23N3O4. The molecule has 154 valence electrons. The van der Waals surface area contributed by atoms with Gasteiger partial charge in [0.2, 0.25) is 5.91 Å². The Bertz CT molecular complexity index is 1020. The first-order valence-corrected chi connectivity index (χ1v) is 10.1. The number of urea groups is 1. The molecule has 1 N–H and O–H groups in total. The quantitative estimate of drug-likeness (QED) is 0.591. The molecule has 2 aliphatic heterocycles. The zero-order valence-electron chi connectivity index (χ0n) is 16.8. The first kappa shape index (κ1) is 19.8. The van der Waals surface area contributed by atoms with E-state index in [1.165, 1.54) is 0 Å². The molecule has 0 unspecified atom stereocenters. The Labute approximate surface area is 174 Å². The van der Waals surface area contributed by atoms with Crippen LogP contribution in [0.5, 0.6) is 0 Å². The fourth-order valence-corrected chi connectivity index (χ4v) is 4.14. The highest BCUT2D eigenvalue weighted by Gasteiger charge is 2.51. The third-order valence-corrected chi connectivity index (χ3v) is 5.83. The van der Waals surface area contributed by atoms with Crippen molar-refractivity contribution in [3.05, 3.63) is 65.7 Å². The Morgan fingerprint density at radius 1 is 1.07 bits per heavy atom. The molecule has 1 atom stereocenters. The van der Waals surface area contributed by atoms with E-state index in [1.807, 2.05) is 25.1 Å². The van der Waals surface area contributed by atoms with Gasteiger partial charge >= 0.3 is 6.03 Å². The van der Waals surface area contributed by atoms with Gasteiger partial charge in [0.05, 0.1) is 6.54 Å². The van der Waals surface area contributed by atoms with Gasteiger partial charge in [-0.15, -0.1) is 0 Å². The fraction of sp³-hybridized carbons (Fsp3) is 0.304. The largest absolute Gasteiger partial charge is 0.325 e. The lowest BCUT2D eigenvalue weighted by molar-refractivity contribution is -0.131. The molecule has 0 aliphatic carbocycles. The highest BCUT2D eigenvalue weighted by molar-refractivity contribution is 6.11. The standard InChI is InChI=1S/C23H23N3O4/c1-2-23(17-9-4-3-5-10-17)21(29)26(22(30)24-23)15-19(27)16-8-6-11-18(14-16)25-13-7-12-20(25)28/h3-6,8-11,14H,2,7,12-13,15H2,1H3,(H,24,30)/t23-/m0/s1. The van der Waals surface area contributed by atoms with Crippen molar-refractivity contribution in [2.24, 2.45) is 0 Å². The highest BCUT2D eigenvalue weighted by Crippen LogP contribution is 2.32. The third kappa shape index (κ3) is 3.26. The van der Waals surface area contributed by atoms with E-state index in [0.717, 1.165) is 11.3 Å². The average molecular weight is 405 g/mol. The van der Waals surface area contributed by atoms with Crippen LogP contribution in [0.3, 0.4) is 0 Å². The van der Waals surface area contributed by atoms with E-state index in [1.54, 1.807) is 41.3 Å². The van der Waals surface area contributed by atoms with E-state index in [4.69, 9.17) is 0 Å². The number of nitrogens with one attached hydrogen (secondary N) is 1. The molecule has 0 bridgehead atoms. The van der Waals surface area contributed by atoms with Gasteiger partial charge in [0.15, 0.2) is 5.78 Å². The van der Waals surface area contributed by atoms with Crippen LogP contribution in [0.2, 0.25) is 0 Å². The van der Waals surface area contributed by atoms with Crippen LogP contribution in [0.1, 0.15) is 42.1 Å². The Kier molecular flexibility index (Phi) is 5.11. The monoisotopic (exact) mass is 405 g/mol. The van der Waals surface area contributed by atoms with Gasteiger partial charge in [0.1, 0.15) is 5.54 Å². The molecule has 30 heavy (non-hydrogen) atoms. The maximum absolute atomic E-state index is 13.2. The number of carbonyl (C=O) groups excluding carboxylic acids is 4. The van der Waals surface area contributed by atoms with E-state index in [9.17, 15) is 19.2 Å². The molecule has 2 saturated heterocycles. The number of carbonyl (C=O) groups is 4. The Hall–Kier alpha value is -3.48. The van der Waals surface area contributed by atoms with Gasteiger partial charge in [-0.1, -0.05) is 49.4 Å². The van der Waals surface area contributed by atoms with Crippen LogP contribution in [-0.4, -0.2) is 41.6 Å². The van der Waals surface area contributed by atoms with Crippen molar-refractivity contribution in [2.45, 2.75) is 31.7 Å². The molecule has 4 amide bonds. The zero-order chi connectivity index (χ0) is 21.3. The third-order valence-electron chi connectivity index (χ3n) is 5.83. The normalized spacial score (nSPS) is 21.3. The van der Waals surface area contributed by atoms with E-state index in [0.29, 0.717) is 36.2 Å². The highest BCUT2D eigenvalue weighted by atomic mass is 16.2. The van der Waals surface area contributed by atoms with Crippen molar-refractivity contribution in [3.63, 3.8) is 0 Å². The number of hydrogen-bond donors (Lipinski definition) is 1. The molecule has 2 aliphatic rings. The molecule has 4 rings (SSSR count). The molecular weight excluding hydrogens is 382 g/mol. The maximum Gasteiger partial charge on any atom is 0.325 e. The minimum atomic E-state index is -1.16. The number of hydrogen-bond acceptors (Lipinski definition) is 4. The lowest BCUT2D eigenvalue weighted by Crippen LogP contribution is -2.43. The van der Waals surface area contributed by atoms with E-state index < -0.39 is 17.5 Å². The van der Waals surface area contributed by atoms with Crippen LogP contribution in [0, 0.1) is 0 Å². The number of Topliss-reactive ketones (excluding diaryl/α,β-unsaturated/α-hetero) is 1. The Balaban J connectivity index is 1.56. The number of amides is 4. The van der Waals surface area contributed by atoms with Crippen LogP contribution in [-0.2, 0) is 15.1 Å². The van der Waals surface area contributed by atoms with Crippen molar-refractivity contribution in [3.8, 4) is 0 Å². The molecule has 7 nitrogen and oxygen atoms in total. The van der Waals surface area contributed by atoms with Crippen molar-refractivity contribution >= 4 is 29.3 Å². The Morgan fingerprint density at radius 2 is 1.83 bits per heavy atom. The topological polar surface area (TPSA) is 86.8 Å². The Morgan fingerprint density at radius 3 is 2.50 bits per heavy atom. The summed E-state index contributed by atoms with van der Waals surface area (Å²) in [6.07, 6.45) is 1.66. The van der Waals surface area contributed by atoms with E-state index in [-0.39, 0.29) is 18.2 Å². The molecule has 2 fully saturated rings. The summed E-state index contributed by atoms with van der Waals surface area (Å²) in [5, 5.41) is 2.78. The van der Waals surface area contributed by atoms with Crippen LogP contribution in [0.15, 0.2) is 54.6 Å². The summed E-state index contributed by atoms with van der Waals surface area (Å²) in [6.45, 7) is 2.10. The second-order valence-electron chi connectivity index (χ2n) is 7.57. The van der Waals surface area contributed by atoms with E-state index >= 15 is 0 Å². The molecule has 2 heterocycles. The summed E-state index contributed by atoms with van der Waals surface area (Å²) in [6, 6.07) is 15.2. The first-order valence-electron chi connectivity index (χ1n) is 10.1. The smallest absolute Gasteiger partial charge is 0.319 e. The van der Waals surface area contributed by atoms with Crippen molar-refractivity contribution in [1.29, 1.82) is 0 Å². The number of rotatable bonds is 6. The average Bonchev–Trinajstić information content (AvgIpc) is 3.31. The van der Waals surface area contributed by atoms with Crippen molar-refractivity contribution < 1.29 is 19.2 Å². The second kappa shape index (κ2) is 7.74. The predicted octanol–water partition coefficient (Wildman–Crippen LogP) is 2.85. The number of ketones is 1. The second-order valence-corrected chi connectivity index (χ2v) is 7.57. The van der Waals surface area contributed by atoms with Gasteiger partial charge in [-0.25, -0.2) is 4.79 Å². The summed E-state index contributed by atoms with van der Waals surface area (Å²) in [5.74, 6) is -0.753. The lowest BCUT2D eigenvalue weighted by Gasteiger charge is -2.25. The van der Waals surface area contributed by atoms with Gasteiger partial charge in [0.25, 0.3) is 5.91 Å². The molecule has 2 aromatic rings. The zero-order valence-corrected chi connectivity index (χ0v) is 16.8. The molecule has 0 spiro atoms. The minimum Gasteiger partial charge on any atom is -0.319 e. The summed E-state index contributed by atoms with van der Waals surface area (Å²) in [4.78, 5) is 53.3. The van der Waals surface area contributed by atoms with Gasteiger partial charge in [0, 0.05) is 24.2 Å². The first-order chi connectivity index (χ1) is 14.5. The van der Waals surface area contributed by atoms with Gasteiger partial charge in [-0.2, -0.15) is 0 Å². The number of benzene rings is 2. The van der Waals surface area contributed by atoms with Gasteiger partial charge in [-0.05, 0) is 30.5 Å². The number of nitrogens with zero attached hydrogens (tertiary/aromatic N) is 2. The molecule has 0 saturated carbocycles. The predicted molar refractivity (Wildman–Crippen MR) is 111 cm³/mol. The summed E-state index contributed by atoms with van der Waals surface area (Å²) in [7, 11) is 0. The number of anilines is 1. The van der Waals surface area contributed by atoms with Gasteiger partial charge in [-0.3, -0.25) is 19.3 Å². The van der Waals surface area contributed by atoms with Crippen LogP contribution in [0.25, 0.3) is 0 Å². The number of imide groups is 1. The SMILES string of the molecule is CC[C@@]1(c2ccccc2)NC(=O)N(CC(=O)c2cccc(N3CCCC3=O)c2)C1=O. The van der Waals surface area contributed by atoms with Crippen molar-refractivity contribution in [2.75, 3.05) is 18.0 Å². The molecule has 2 aromatic carbocycles. The summed E-state index contributed by atoms with van der Waals surface area (Å²) in [5.41, 5.74) is 0.548. The molecule has 0 radical (unpaired) electrons. The fourth-order valence-electron chi connectivity index (χ4n) is 4.14. The van der Waals surface area contributed by atoms with Crippen molar-refractivity contribution in [1.82, 2.24) is 10.2 Å².